The van der Waals surface area contributed by atoms with Crippen molar-refractivity contribution in [2.75, 3.05) is 6.61 Å². The summed E-state index contributed by atoms with van der Waals surface area (Å²) in [6.07, 6.45) is 6.69. The summed E-state index contributed by atoms with van der Waals surface area (Å²) in [4.78, 5) is 21.6. The molecule has 0 radical (unpaired) electrons. The van der Waals surface area contributed by atoms with Crippen LogP contribution in [0.25, 0.3) is 0 Å². The van der Waals surface area contributed by atoms with Gasteiger partial charge in [-0.25, -0.2) is 0 Å². The Kier molecular flexibility index (Phi) is 8.58. The van der Waals surface area contributed by atoms with Gasteiger partial charge >= 0.3 is 11.9 Å². The van der Waals surface area contributed by atoms with Gasteiger partial charge in [-0.3, -0.25) is 9.59 Å². The van der Waals surface area contributed by atoms with E-state index in [-0.39, 0.29) is 0 Å². The Labute approximate surface area is 97.0 Å². The highest BCUT2D eigenvalue weighted by atomic mass is 16.5. The van der Waals surface area contributed by atoms with E-state index in [0.717, 1.165) is 19.3 Å². The molecule has 0 aromatic rings. The Morgan fingerprint density at radius 2 is 1.69 bits per heavy atom. The summed E-state index contributed by atoms with van der Waals surface area (Å²) in [6.45, 7) is 3.84. The molecule has 0 aliphatic rings. The second-order valence-electron chi connectivity index (χ2n) is 4.00. The van der Waals surface area contributed by atoms with E-state index in [4.69, 9.17) is 9.84 Å². The van der Waals surface area contributed by atoms with Crippen molar-refractivity contribution >= 4 is 11.9 Å². The van der Waals surface area contributed by atoms with Crippen molar-refractivity contribution in [2.24, 2.45) is 5.92 Å². The van der Waals surface area contributed by atoms with E-state index in [0.29, 0.717) is 6.61 Å². The van der Waals surface area contributed by atoms with Crippen LogP contribution in [0, 0.1) is 5.92 Å². The summed E-state index contributed by atoms with van der Waals surface area (Å²) in [5.41, 5.74) is 0. The molecule has 4 heteroatoms. The number of esters is 1. The minimum atomic E-state index is -1.13. The Morgan fingerprint density at radius 3 is 2.25 bits per heavy atom. The summed E-state index contributed by atoms with van der Waals surface area (Å²) in [5.74, 6) is -2.82. The molecule has 0 bridgehead atoms. The number of carboxylic acids is 1. The van der Waals surface area contributed by atoms with Crippen LogP contribution in [0.15, 0.2) is 0 Å². The average Bonchev–Trinajstić information content (AvgIpc) is 2.26. The van der Waals surface area contributed by atoms with E-state index in [1.807, 2.05) is 0 Å². The van der Waals surface area contributed by atoms with Gasteiger partial charge in [0, 0.05) is 0 Å². The summed E-state index contributed by atoms with van der Waals surface area (Å²) in [6, 6.07) is 0. The number of aliphatic carboxylic acids is 1. The van der Waals surface area contributed by atoms with Gasteiger partial charge < -0.3 is 9.84 Å². The van der Waals surface area contributed by atoms with Crippen molar-refractivity contribution < 1.29 is 19.4 Å². The molecule has 0 aromatic heterocycles. The van der Waals surface area contributed by atoms with Gasteiger partial charge in [-0.1, -0.05) is 39.0 Å². The summed E-state index contributed by atoms with van der Waals surface area (Å²) < 4.78 is 4.85. The van der Waals surface area contributed by atoms with Crippen molar-refractivity contribution in [3.63, 3.8) is 0 Å². The summed E-state index contributed by atoms with van der Waals surface area (Å²) in [5, 5.41) is 8.55. The number of carbonyl (C=O) groups excluding carboxylic acids is 1. The van der Waals surface area contributed by atoms with Crippen molar-refractivity contribution in [3.05, 3.63) is 0 Å². The molecule has 1 N–H and O–H groups in total. The Balaban J connectivity index is 3.38. The fourth-order valence-corrected chi connectivity index (χ4v) is 1.28. The van der Waals surface area contributed by atoms with E-state index < -0.39 is 17.9 Å². The molecule has 0 amide bonds. The first-order valence-corrected chi connectivity index (χ1v) is 5.99. The molecule has 94 valence electrons. The lowest BCUT2D eigenvalue weighted by molar-refractivity contribution is -0.157. The number of carbonyl (C=O) groups is 2. The van der Waals surface area contributed by atoms with Gasteiger partial charge in [-0.2, -0.15) is 0 Å². The molecule has 0 saturated heterocycles. The van der Waals surface area contributed by atoms with Gasteiger partial charge in [0.05, 0.1) is 6.61 Å². The second-order valence-corrected chi connectivity index (χ2v) is 4.00. The minimum Gasteiger partial charge on any atom is -0.481 e. The van der Waals surface area contributed by atoms with E-state index in [1.54, 1.807) is 0 Å². The maximum atomic E-state index is 11.1. The van der Waals surface area contributed by atoms with Crippen molar-refractivity contribution in [1.82, 2.24) is 0 Å². The van der Waals surface area contributed by atoms with E-state index >= 15 is 0 Å². The third-order valence-corrected chi connectivity index (χ3v) is 2.47. The lowest BCUT2D eigenvalue weighted by Crippen LogP contribution is -2.23. The largest absolute Gasteiger partial charge is 0.481 e. The van der Waals surface area contributed by atoms with Crippen LogP contribution in [-0.2, 0) is 14.3 Å². The number of hydrogen-bond donors (Lipinski definition) is 1. The minimum absolute atomic E-state index is 0.336. The maximum absolute atomic E-state index is 11.1. The predicted molar refractivity (Wildman–Crippen MR) is 61.1 cm³/mol. The van der Waals surface area contributed by atoms with Crippen LogP contribution in [0.1, 0.15) is 52.4 Å². The van der Waals surface area contributed by atoms with Crippen LogP contribution >= 0.6 is 0 Å². The Bertz CT molecular complexity index is 213. The van der Waals surface area contributed by atoms with Crippen LogP contribution in [-0.4, -0.2) is 23.7 Å². The highest BCUT2D eigenvalue weighted by molar-refractivity contribution is 5.93. The van der Waals surface area contributed by atoms with Crippen LogP contribution < -0.4 is 0 Å². The third kappa shape index (κ3) is 7.26. The molecule has 0 aliphatic heterocycles. The van der Waals surface area contributed by atoms with E-state index in [1.165, 1.54) is 26.2 Å². The van der Waals surface area contributed by atoms with Crippen LogP contribution in [0.5, 0.6) is 0 Å². The molecule has 0 aromatic carbocycles. The standard InChI is InChI=1S/C12H22O4/c1-3-4-5-6-7-8-9-16-12(15)10(2)11(13)14/h10H,3-9H2,1-2H3,(H,13,14). The van der Waals surface area contributed by atoms with Gasteiger partial charge in [0.25, 0.3) is 0 Å². The van der Waals surface area contributed by atoms with Crippen LogP contribution in [0.2, 0.25) is 0 Å². The molecule has 0 spiro atoms. The molecular weight excluding hydrogens is 208 g/mol. The van der Waals surface area contributed by atoms with E-state index in [9.17, 15) is 9.59 Å². The molecule has 0 rings (SSSR count). The molecule has 0 fully saturated rings. The molecule has 0 saturated carbocycles. The van der Waals surface area contributed by atoms with Gasteiger partial charge in [0.15, 0.2) is 5.92 Å². The normalized spacial score (nSPS) is 12.1. The van der Waals surface area contributed by atoms with Gasteiger partial charge in [-0.05, 0) is 13.3 Å². The van der Waals surface area contributed by atoms with Crippen LogP contribution in [0.4, 0.5) is 0 Å². The topological polar surface area (TPSA) is 63.6 Å². The summed E-state index contributed by atoms with van der Waals surface area (Å²) >= 11 is 0. The monoisotopic (exact) mass is 230 g/mol. The average molecular weight is 230 g/mol. The Hall–Kier alpha value is -1.06. The lowest BCUT2D eigenvalue weighted by atomic mass is 10.1. The maximum Gasteiger partial charge on any atom is 0.320 e. The zero-order valence-electron chi connectivity index (χ0n) is 10.2. The summed E-state index contributed by atoms with van der Waals surface area (Å²) in [7, 11) is 0. The highest BCUT2D eigenvalue weighted by Crippen LogP contribution is 2.06. The number of hydrogen-bond acceptors (Lipinski definition) is 3. The van der Waals surface area contributed by atoms with Crippen molar-refractivity contribution in [2.45, 2.75) is 52.4 Å². The number of rotatable bonds is 9. The van der Waals surface area contributed by atoms with Crippen molar-refractivity contribution in [3.8, 4) is 0 Å². The van der Waals surface area contributed by atoms with Gasteiger partial charge in [-0.15, -0.1) is 0 Å². The zero-order chi connectivity index (χ0) is 12.4. The Morgan fingerprint density at radius 1 is 1.12 bits per heavy atom. The molecular formula is C12H22O4. The molecule has 16 heavy (non-hydrogen) atoms. The molecule has 0 heterocycles. The number of unbranched alkanes of at least 4 members (excludes halogenated alkanes) is 5. The first-order valence-electron chi connectivity index (χ1n) is 5.99. The molecule has 1 unspecified atom stereocenters. The fourth-order valence-electron chi connectivity index (χ4n) is 1.28. The molecule has 1 atom stereocenters. The van der Waals surface area contributed by atoms with Gasteiger partial charge in [0.1, 0.15) is 0 Å². The van der Waals surface area contributed by atoms with E-state index in [2.05, 4.69) is 6.92 Å². The smallest absolute Gasteiger partial charge is 0.320 e. The first kappa shape index (κ1) is 14.9. The second kappa shape index (κ2) is 9.19. The highest BCUT2D eigenvalue weighted by Gasteiger charge is 2.21. The number of carboxylic acid groups (broad SMARTS) is 1. The predicted octanol–water partition coefficient (Wildman–Crippen LogP) is 2.61. The number of ether oxygens (including phenoxy) is 1. The molecule has 4 nitrogen and oxygen atoms in total. The first-order chi connectivity index (χ1) is 7.59. The zero-order valence-corrected chi connectivity index (χ0v) is 10.2. The quantitative estimate of drug-likeness (QED) is 0.375. The van der Waals surface area contributed by atoms with Crippen LogP contribution in [0.3, 0.4) is 0 Å². The molecule has 0 aliphatic carbocycles. The van der Waals surface area contributed by atoms with Gasteiger partial charge in [0.2, 0.25) is 0 Å². The SMILES string of the molecule is CCCCCCCCOC(=O)C(C)C(=O)O. The fraction of sp³-hybridized carbons (Fsp3) is 0.833. The lowest BCUT2D eigenvalue weighted by Gasteiger charge is -2.07. The van der Waals surface area contributed by atoms with Crippen molar-refractivity contribution in [1.29, 1.82) is 0 Å². The third-order valence-electron chi connectivity index (χ3n) is 2.47.